The second-order valence-electron chi connectivity index (χ2n) is 4.00. The van der Waals surface area contributed by atoms with Crippen LogP contribution in [0, 0.1) is 5.92 Å². The molecule has 9 heteroatoms. The molecule has 1 aromatic rings. The maximum Gasteiger partial charge on any atom is 0.234 e. The second kappa shape index (κ2) is 7.48. The first-order chi connectivity index (χ1) is 8.90. The number of anilines is 1. The van der Waals surface area contributed by atoms with E-state index in [1.165, 1.54) is 0 Å². The van der Waals surface area contributed by atoms with Crippen LogP contribution in [-0.4, -0.2) is 34.7 Å². The minimum atomic E-state index is -3.35. The highest BCUT2D eigenvalue weighted by atomic mass is 127. The molecular weight excluding hydrogens is 401 g/mol. The van der Waals surface area contributed by atoms with E-state index in [-0.39, 0.29) is 27.0 Å². The van der Waals surface area contributed by atoms with Crippen LogP contribution in [0.2, 0.25) is 0 Å². The Balaban J connectivity index is 2.66. The van der Waals surface area contributed by atoms with Gasteiger partial charge in [-0.3, -0.25) is 4.79 Å². The van der Waals surface area contributed by atoms with Gasteiger partial charge in [-0.05, 0) is 17.3 Å². The molecule has 1 N–H and O–H groups in total. The van der Waals surface area contributed by atoms with Gasteiger partial charge in [0.2, 0.25) is 25.2 Å². The third-order valence-electron chi connectivity index (χ3n) is 2.50. The van der Waals surface area contributed by atoms with E-state index in [4.69, 9.17) is 0 Å². The van der Waals surface area contributed by atoms with Crippen molar-refractivity contribution in [1.82, 2.24) is 10.2 Å². The summed E-state index contributed by atoms with van der Waals surface area (Å²) >= 11 is 3.16. The van der Waals surface area contributed by atoms with Crippen molar-refractivity contribution in [3.8, 4) is 0 Å². The summed E-state index contributed by atoms with van der Waals surface area (Å²) < 4.78 is 24.1. The van der Waals surface area contributed by atoms with Crippen molar-refractivity contribution in [2.75, 3.05) is 15.5 Å². The number of carbonyl (C=O) groups is 1. The molecule has 19 heavy (non-hydrogen) atoms. The summed E-state index contributed by atoms with van der Waals surface area (Å²) in [5.74, 6) is -0.298. The third-order valence-corrected chi connectivity index (χ3v) is 6.28. The maximum atomic E-state index is 11.8. The van der Waals surface area contributed by atoms with Gasteiger partial charge in [0.15, 0.2) is 0 Å². The molecule has 1 heterocycles. The van der Waals surface area contributed by atoms with Crippen LogP contribution < -0.4 is 5.32 Å². The quantitative estimate of drug-likeness (QED) is 0.417. The lowest BCUT2D eigenvalue weighted by molar-refractivity contribution is -0.119. The lowest BCUT2D eigenvalue weighted by Gasteiger charge is -2.08. The Hall–Kier alpha value is -0.290. The molecule has 1 unspecified atom stereocenters. The zero-order valence-corrected chi connectivity index (χ0v) is 14.5. The van der Waals surface area contributed by atoms with Crippen LogP contribution in [0.5, 0.6) is 0 Å². The number of halogens is 1. The van der Waals surface area contributed by atoms with Crippen LogP contribution in [-0.2, 0) is 14.6 Å². The highest BCUT2D eigenvalue weighted by molar-refractivity contribution is 14.1. The lowest BCUT2D eigenvalue weighted by atomic mass is 10.1. The average molecular weight is 417 g/mol. The molecule has 1 atom stereocenters. The summed E-state index contributed by atoms with van der Waals surface area (Å²) in [6.45, 7) is 3.38. The number of carbonyl (C=O) groups excluding carboxylic acids is 1. The molecule has 1 aromatic heterocycles. The van der Waals surface area contributed by atoms with E-state index in [0.717, 1.165) is 28.6 Å². The van der Waals surface area contributed by atoms with Gasteiger partial charge in [0.25, 0.3) is 0 Å². The van der Waals surface area contributed by atoms with E-state index in [9.17, 15) is 13.2 Å². The van der Waals surface area contributed by atoms with Crippen LogP contribution in [0.25, 0.3) is 0 Å². The zero-order chi connectivity index (χ0) is 14.5. The molecule has 0 radical (unpaired) electrons. The fraction of sp³-hybridized carbons (Fsp3) is 0.700. The summed E-state index contributed by atoms with van der Waals surface area (Å²) in [5.41, 5.74) is 0. The predicted molar refractivity (Wildman–Crippen MR) is 83.6 cm³/mol. The molecule has 1 rings (SSSR count). The first kappa shape index (κ1) is 16.8. The van der Waals surface area contributed by atoms with Gasteiger partial charge in [0.1, 0.15) is 0 Å². The zero-order valence-electron chi connectivity index (χ0n) is 10.7. The van der Waals surface area contributed by atoms with Gasteiger partial charge in [-0.1, -0.05) is 47.8 Å². The monoisotopic (exact) mass is 417 g/mol. The number of hydrogen-bond acceptors (Lipinski definition) is 6. The summed E-state index contributed by atoms with van der Waals surface area (Å²) in [6, 6.07) is 0. The van der Waals surface area contributed by atoms with Crippen molar-refractivity contribution in [3.05, 3.63) is 0 Å². The van der Waals surface area contributed by atoms with Gasteiger partial charge >= 0.3 is 0 Å². The molecule has 0 saturated heterocycles. The summed E-state index contributed by atoms with van der Waals surface area (Å²) in [7, 11) is -3.35. The van der Waals surface area contributed by atoms with Crippen LogP contribution in [0.3, 0.4) is 0 Å². The fourth-order valence-corrected chi connectivity index (χ4v) is 3.68. The Labute approximate surface area is 130 Å². The molecule has 0 aliphatic rings. The van der Waals surface area contributed by atoms with E-state index in [1.54, 1.807) is 6.92 Å². The van der Waals surface area contributed by atoms with E-state index in [0.29, 0.717) is 0 Å². The SMILES string of the molecule is CCS(=O)(=O)c1nnc(NC(=O)C(C)CCCI)s1. The first-order valence-electron chi connectivity index (χ1n) is 5.83. The minimum absolute atomic E-state index is 0.0261. The Morgan fingerprint density at radius 1 is 1.47 bits per heavy atom. The fourth-order valence-electron chi connectivity index (χ4n) is 1.25. The molecule has 0 aliphatic heterocycles. The summed E-state index contributed by atoms with van der Waals surface area (Å²) in [4.78, 5) is 11.8. The number of nitrogens with zero attached hydrogens (tertiary/aromatic N) is 2. The number of rotatable bonds is 7. The van der Waals surface area contributed by atoms with Gasteiger partial charge in [0.05, 0.1) is 5.75 Å². The molecule has 1 amide bonds. The van der Waals surface area contributed by atoms with E-state index in [1.807, 2.05) is 6.92 Å². The number of sulfone groups is 1. The van der Waals surface area contributed by atoms with Crippen molar-refractivity contribution in [2.45, 2.75) is 31.0 Å². The minimum Gasteiger partial charge on any atom is -0.300 e. The van der Waals surface area contributed by atoms with Gasteiger partial charge in [-0.25, -0.2) is 8.42 Å². The van der Waals surface area contributed by atoms with Gasteiger partial charge in [-0.15, -0.1) is 10.2 Å². The van der Waals surface area contributed by atoms with Crippen molar-refractivity contribution in [1.29, 1.82) is 0 Å². The van der Waals surface area contributed by atoms with E-state index in [2.05, 4.69) is 38.1 Å². The van der Waals surface area contributed by atoms with Crippen molar-refractivity contribution in [2.24, 2.45) is 5.92 Å². The number of amides is 1. The highest BCUT2D eigenvalue weighted by Gasteiger charge is 2.20. The molecule has 0 saturated carbocycles. The molecule has 0 bridgehead atoms. The Kier molecular flexibility index (Phi) is 6.60. The molecule has 0 fully saturated rings. The smallest absolute Gasteiger partial charge is 0.234 e. The lowest BCUT2D eigenvalue weighted by Crippen LogP contribution is -2.20. The van der Waals surface area contributed by atoms with Crippen LogP contribution in [0.15, 0.2) is 4.34 Å². The maximum absolute atomic E-state index is 11.8. The highest BCUT2D eigenvalue weighted by Crippen LogP contribution is 2.21. The van der Waals surface area contributed by atoms with Crippen LogP contribution >= 0.6 is 33.9 Å². The number of alkyl halides is 1. The normalized spacial score (nSPS) is 13.2. The predicted octanol–water partition coefficient (Wildman–Crippen LogP) is 2.12. The molecule has 108 valence electrons. The van der Waals surface area contributed by atoms with Gasteiger partial charge in [0, 0.05) is 5.92 Å². The Morgan fingerprint density at radius 3 is 2.74 bits per heavy atom. The molecular formula is C10H16IN3O3S2. The Morgan fingerprint density at radius 2 is 2.16 bits per heavy atom. The molecule has 0 aromatic carbocycles. The summed E-state index contributed by atoms with van der Waals surface area (Å²) in [5, 5.41) is 10.1. The van der Waals surface area contributed by atoms with Crippen LogP contribution in [0.1, 0.15) is 26.7 Å². The van der Waals surface area contributed by atoms with Crippen LogP contribution in [0.4, 0.5) is 5.13 Å². The summed E-state index contributed by atoms with van der Waals surface area (Å²) in [6.07, 6.45) is 1.77. The van der Waals surface area contributed by atoms with Crippen molar-refractivity contribution < 1.29 is 13.2 Å². The van der Waals surface area contributed by atoms with Gasteiger partial charge < -0.3 is 5.32 Å². The number of aromatic nitrogens is 2. The molecule has 6 nitrogen and oxygen atoms in total. The number of nitrogens with one attached hydrogen (secondary N) is 1. The van der Waals surface area contributed by atoms with Crippen molar-refractivity contribution >= 4 is 54.8 Å². The standard InChI is InChI=1S/C10H16IN3O3S2/c1-3-19(16,17)10-14-13-9(18-10)12-8(15)7(2)5-4-6-11/h7H,3-6H2,1-2H3,(H,12,13,15). The molecule has 0 aliphatic carbocycles. The number of hydrogen-bond donors (Lipinski definition) is 1. The van der Waals surface area contributed by atoms with Crippen molar-refractivity contribution in [3.63, 3.8) is 0 Å². The topological polar surface area (TPSA) is 89.0 Å². The first-order valence-corrected chi connectivity index (χ1v) is 9.83. The van der Waals surface area contributed by atoms with E-state index < -0.39 is 9.84 Å². The van der Waals surface area contributed by atoms with Gasteiger partial charge in [-0.2, -0.15) is 0 Å². The third kappa shape index (κ3) is 4.95. The Bertz CT molecular complexity index is 530. The molecule has 0 spiro atoms. The second-order valence-corrected chi connectivity index (χ2v) is 8.51. The van der Waals surface area contributed by atoms with E-state index >= 15 is 0 Å². The average Bonchev–Trinajstić information content (AvgIpc) is 2.85. The largest absolute Gasteiger partial charge is 0.300 e.